The van der Waals surface area contributed by atoms with Crippen LogP contribution in [0.2, 0.25) is 0 Å². The van der Waals surface area contributed by atoms with Gasteiger partial charge in [-0.3, -0.25) is 4.52 Å². The van der Waals surface area contributed by atoms with Gasteiger partial charge in [0.2, 0.25) is 0 Å². The van der Waals surface area contributed by atoms with Crippen LogP contribution in [0.15, 0.2) is 0 Å². The molecule has 18 heavy (non-hydrogen) atoms. The summed E-state index contributed by atoms with van der Waals surface area (Å²) in [5.74, 6) is 0. The van der Waals surface area contributed by atoms with E-state index in [1.165, 1.54) is 0 Å². The Balaban J connectivity index is 6.18. The van der Waals surface area contributed by atoms with E-state index in [2.05, 4.69) is 0 Å². The number of halogens is 9. The van der Waals surface area contributed by atoms with Crippen molar-refractivity contribution in [2.24, 2.45) is 0 Å². The van der Waals surface area contributed by atoms with Crippen LogP contribution >= 0.6 is 7.82 Å². The highest BCUT2D eigenvalue weighted by atomic mass is 31.2. The van der Waals surface area contributed by atoms with E-state index in [0.717, 1.165) is 0 Å². The van der Waals surface area contributed by atoms with E-state index in [4.69, 9.17) is 9.79 Å². The summed E-state index contributed by atoms with van der Waals surface area (Å²) < 4.78 is 120. The third-order valence-electron chi connectivity index (χ3n) is 1.45. The van der Waals surface area contributed by atoms with Crippen LogP contribution in [-0.2, 0) is 9.09 Å². The van der Waals surface area contributed by atoms with Crippen molar-refractivity contribution in [2.45, 2.75) is 24.1 Å². The molecule has 110 valence electrons. The fourth-order valence-corrected chi connectivity index (χ4v) is 1.48. The topological polar surface area (TPSA) is 66.8 Å². The maximum absolute atomic E-state index is 12.0. The summed E-state index contributed by atoms with van der Waals surface area (Å²) in [7, 11) is -6.74. The Labute approximate surface area is 91.6 Å². The standard InChI is InChI=1S/C4H2F9O4P/c5-2(6,7)1(3(8,9)10,4(11,12)13)17-18(14,15)16/h(H2,14,15,16). The van der Waals surface area contributed by atoms with Crippen LogP contribution in [0.25, 0.3) is 0 Å². The zero-order valence-electron chi connectivity index (χ0n) is 7.56. The lowest BCUT2D eigenvalue weighted by Crippen LogP contribution is -2.67. The summed E-state index contributed by atoms with van der Waals surface area (Å²) in [5.41, 5.74) is -6.97. The lowest BCUT2D eigenvalue weighted by Gasteiger charge is -2.37. The van der Waals surface area contributed by atoms with Gasteiger partial charge in [-0.15, -0.1) is 0 Å². The van der Waals surface area contributed by atoms with Crippen molar-refractivity contribution in [3.05, 3.63) is 0 Å². The molecular weight excluding hydrogens is 314 g/mol. The molecule has 0 saturated carbocycles. The Bertz CT molecular complexity index is 311. The Morgan fingerprint density at radius 1 is 0.722 bits per heavy atom. The molecule has 2 N–H and O–H groups in total. The normalized spacial score (nSPS) is 15.9. The molecule has 0 aliphatic carbocycles. The summed E-state index contributed by atoms with van der Waals surface area (Å²) in [6.45, 7) is 0. The maximum atomic E-state index is 12.0. The van der Waals surface area contributed by atoms with Crippen LogP contribution in [0.3, 0.4) is 0 Å². The zero-order chi connectivity index (χ0) is 15.2. The first-order valence-corrected chi connectivity index (χ1v) is 4.95. The molecule has 14 heteroatoms. The van der Waals surface area contributed by atoms with Crippen molar-refractivity contribution in [3.8, 4) is 0 Å². The van der Waals surface area contributed by atoms with Gasteiger partial charge < -0.3 is 9.79 Å². The third kappa shape index (κ3) is 3.08. The Morgan fingerprint density at radius 2 is 0.944 bits per heavy atom. The van der Waals surface area contributed by atoms with Crippen LogP contribution in [0.4, 0.5) is 39.5 Å². The molecule has 0 aromatic heterocycles. The van der Waals surface area contributed by atoms with Gasteiger partial charge in [0.05, 0.1) is 0 Å². The second-order valence-electron chi connectivity index (χ2n) is 2.76. The monoisotopic (exact) mass is 316 g/mol. The number of phosphoric acid groups is 1. The van der Waals surface area contributed by atoms with Gasteiger partial charge in [0, 0.05) is 0 Å². The number of hydrogen-bond donors (Lipinski definition) is 2. The highest BCUT2D eigenvalue weighted by Crippen LogP contribution is 2.60. The van der Waals surface area contributed by atoms with Crippen molar-refractivity contribution in [2.75, 3.05) is 0 Å². The molecule has 0 atom stereocenters. The summed E-state index contributed by atoms with van der Waals surface area (Å²) in [6.07, 6.45) is -21.5. The molecule has 0 rings (SSSR count). The molecule has 0 heterocycles. The van der Waals surface area contributed by atoms with Gasteiger partial charge in [-0.25, -0.2) is 4.57 Å². The molecule has 0 fully saturated rings. The summed E-state index contributed by atoms with van der Waals surface area (Å²) in [6, 6.07) is 0. The summed E-state index contributed by atoms with van der Waals surface area (Å²) in [4.78, 5) is 15.7. The molecule has 0 aliphatic rings. The maximum Gasteiger partial charge on any atom is 0.471 e. The van der Waals surface area contributed by atoms with Gasteiger partial charge in [-0.2, -0.15) is 39.5 Å². The van der Waals surface area contributed by atoms with Gasteiger partial charge >= 0.3 is 32.0 Å². The zero-order valence-corrected chi connectivity index (χ0v) is 8.45. The first-order chi connectivity index (χ1) is 7.46. The highest BCUT2D eigenvalue weighted by molar-refractivity contribution is 7.46. The Hall–Kier alpha value is -0.520. The average molecular weight is 316 g/mol. The van der Waals surface area contributed by atoms with Crippen molar-refractivity contribution in [1.82, 2.24) is 0 Å². The molecule has 0 aromatic rings. The van der Waals surface area contributed by atoms with E-state index in [1.54, 1.807) is 0 Å². The van der Waals surface area contributed by atoms with E-state index in [1.807, 2.05) is 4.52 Å². The van der Waals surface area contributed by atoms with E-state index >= 15 is 0 Å². The smallest absolute Gasteiger partial charge is 0.303 e. The first-order valence-electron chi connectivity index (χ1n) is 3.42. The average Bonchev–Trinajstić information content (AvgIpc) is 1.90. The summed E-state index contributed by atoms with van der Waals surface area (Å²) in [5, 5.41) is 0. The quantitative estimate of drug-likeness (QED) is 0.607. The second-order valence-corrected chi connectivity index (χ2v) is 3.92. The molecule has 0 spiro atoms. The number of hydrogen-bond acceptors (Lipinski definition) is 2. The van der Waals surface area contributed by atoms with E-state index in [0.29, 0.717) is 0 Å². The fraction of sp³-hybridized carbons (Fsp3) is 1.00. The van der Waals surface area contributed by atoms with Gasteiger partial charge in [0.1, 0.15) is 0 Å². The predicted octanol–water partition coefficient (Wildman–Crippen LogP) is 2.52. The van der Waals surface area contributed by atoms with Crippen LogP contribution in [0.5, 0.6) is 0 Å². The Kier molecular flexibility index (Phi) is 4.13. The van der Waals surface area contributed by atoms with Crippen molar-refractivity contribution < 1.29 is 58.4 Å². The largest absolute Gasteiger partial charge is 0.471 e. The third-order valence-corrected chi connectivity index (χ3v) is 1.97. The van der Waals surface area contributed by atoms with Gasteiger partial charge in [0.15, 0.2) is 0 Å². The lowest BCUT2D eigenvalue weighted by atomic mass is 10.0. The van der Waals surface area contributed by atoms with Gasteiger partial charge in [-0.1, -0.05) is 0 Å². The van der Waals surface area contributed by atoms with Crippen molar-refractivity contribution >= 4 is 7.82 Å². The Morgan fingerprint density at radius 3 is 1.00 bits per heavy atom. The minimum absolute atomic E-state index is 2.01. The molecule has 0 amide bonds. The molecule has 0 unspecified atom stereocenters. The van der Waals surface area contributed by atoms with Crippen molar-refractivity contribution in [3.63, 3.8) is 0 Å². The van der Waals surface area contributed by atoms with E-state index < -0.39 is 32.0 Å². The van der Waals surface area contributed by atoms with Gasteiger partial charge in [0.25, 0.3) is 0 Å². The minimum atomic E-state index is -7.18. The molecule has 0 radical (unpaired) electrons. The summed E-state index contributed by atoms with van der Waals surface area (Å²) >= 11 is 0. The molecule has 4 nitrogen and oxygen atoms in total. The number of rotatable bonds is 2. The van der Waals surface area contributed by atoms with E-state index in [-0.39, 0.29) is 0 Å². The van der Waals surface area contributed by atoms with Gasteiger partial charge in [-0.05, 0) is 0 Å². The molecule has 0 bridgehead atoms. The van der Waals surface area contributed by atoms with E-state index in [9.17, 15) is 44.1 Å². The number of phosphoric ester groups is 1. The molecule has 0 saturated heterocycles. The predicted molar refractivity (Wildman–Crippen MR) is 34.0 cm³/mol. The first kappa shape index (κ1) is 17.5. The SMILES string of the molecule is O=P(O)(O)OC(C(F)(F)F)(C(F)(F)F)C(F)(F)F. The minimum Gasteiger partial charge on any atom is -0.303 e. The molecular formula is C4H2F9O4P. The fourth-order valence-electron chi connectivity index (χ4n) is 0.816. The molecule has 0 aromatic carbocycles. The highest BCUT2D eigenvalue weighted by Gasteiger charge is 2.87. The molecule has 0 aliphatic heterocycles. The van der Waals surface area contributed by atoms with Crippen molar-refractivity contribution in [1.29, 1.82) is 0 Å². The second kappa shape index (κ2) is 4.25. The van der Waals surface area contributed by atoms with Crippen LogP contribution < -0.4 is 0 Å². The number of alkyl halides is 9. The lowest BCUT2D eigenvalue weighted by molar-refractivity contribution is -0.439. The van der Waals surface area contributed by atoms with Crippen LogP contribution in [0.1, 0.15) is 0 Å². The van der Waals surface area contributed by atoms with Crippen LogP contribution in [0, 0.1) is 0 Å². The van der Waals surface area contributed by atoms with Crippen LogP contribution in [-0.4, -0.2) is 33.9 Å².